The largest absolute Gasteiger partial charge is 0.415 e. The maximum atomic E-state index is 13.5. The van der Waals surface area contributed by atoms with Crippen LogP contribution in [0.4, 0.5) is 13.2 Å². The number of hydrogen-bond donors (Lipinski definition) is 1. The summed E-state index contributed by atoms with van der Waals surface area (Å²) in [4.78, 5) is 6.00. The van der Waals surface area contributed by atoms with E-state index in [9.17, 15) is 13.2 Å². The fraction of sp³-hybridized carbons (Fsp3) is 0.650. The molecule has 150 valence electrons. The molecule has 0 radical (unpaired) electrons. The van der Waals surface area contributed by atoms with E-state index in [1.54, 1.807) is 37.5 Å². The first-order valence-electron chi connectivity index (χ1n) is 9.49. The molecule has 4 nitrogen and oxygen atoms in total. The first-order chi connectivity index (χ1) is 12.8. The molecule has 1 unspecified atom stereocenters. The SMILES string of the molecule is COCCN[C@H]1C[C@@H](C)C[C@H](C2=CC=C(C(F)(F)F)C3C2=NC=CN3C)C1. The van der Waals surface area contributed by atoms with Crippen LogP contribution in [0, 0.1) is 11.8 Å². The summed E-state index contributed by atoms with van der Waals surface area (Å²) < 4.78 is 45.7. The topological polar surface area (TPSA) is 36.9 Å². The molecule has 27 heavy (non-hydrogen) atoms. The minimum absolute atomic E-state index is 0.209. The molecule has 1 fully saturated rings. The molecule has 1 saturated carbocycles. The van der Waals surface area contributed by atoms with Gasteiger partial charge in [0, 0.05) is 39.1 Å². The maximum Gasteiger partial charge on any atom is 0.415 e. The Morgan fingerprint density at radius 1 is 1.26 bits per heavy atom. The average molecular weight is 383 g/mol. The summed E-state index contributed by atoms with van der Waals surface area (Å²) >= 11 is 0. The second-order valence-corrected chi connectivity index (χ2v) is 7.78. The molecule has 0 aromatic rings. The first kappa shape index (κ1) is 20.1. The summed E-state index contributed by atoms with van der Waals surface area (Å²) in [6, 6.07) is -0.508. The van der Waals surface area contributed by atoms with Gasteiger partial charge in [0.15, 0.2) is 0 Å². The Morgan fingerprint density at radius 2 is 2.04 bits per heavy atom. The van der Waals surface area contributed by atoms with Crippen LogP contribution in [0.15, 0.2) is 40.7 Å². The van der Waals surface area contributed by atoms with Crippen LogP contribution < -0.4 is 5.32 Å². The lowest BCUT2D eigenvalue weighted by atomic mass is 9.72. The zero-order valence-corrected chi connectivity index (χ0v) is 16.1. The van der Waals surface area contributed by atoms with E-state index in [-0.39, 0.29) is 5.92 Å². The maximum absolute atomic E-state index is 13.5. The molecule has 7 heteroatoms. The van der Waals surface area contributed by atoms with Gasteiger partial charge in [0.2, 0.25) is 0 Å². The van der Waals surface area contributed by atoms with Gasteiger partial charge in [-0.25, -0.2) is 0 Å². The van der Waals surface area contributed by atoms with Crippen LogP contribution in [0.3, 0.4) is 0 Å². The van der Waals surface area contributed by atoms with Crippen LogP contribution >= 0.6 is 0 Å². The van der Waals surface area contributed by atoms with E-state index in [0.717, 1.165) is 31.4 Å². The number of aliphatic imine (C=N–C) groups is 1. The van der Waals surface area contributed by atoms with Crippen molar-refractivity contribution in [3.63, 3.8) is 0 Å². The van der Waals surface area contributed by atoms with Crippen molar-refractivity contribution in [3.05, 3.63) is 35.7 Å². The van der Waals surface area contributed by atoms with Gasteiger partial charge in [-0.3, -0.25) is 4.99 Å². The molecule has 3 aliphatic rings. The van der Waals surface area contributed by atoms with Gasteiger partial charge in [-0.1, -0.05) is 19.1 Å². The molecule has 4 atom stereocenters. The molecule has 2 aliphatic carbocycles. The van der Waals surface area contributed by atoms with Gasteiger partial charge >= 0.3 is 6.18 Å². The normalized spacial score (nSPS) is 31.2. The summed E-state index contributed by atoms with van der Waals surface area (Å²) in [6.07, 6.45) is 4.71. The zero-order valence-electron chi connectivity index (χ0n) is 16.1. The Kier molecular flexibility index (Phi) is 6.11. The van der Waals surface area contributed by atoms with E-state index >= 15 is 0 Å². The van der Waals surface area contributed by atoms with Crippen LogP contribution in [0.2, 0.25) is 0 Å². The van der Waals surface area contributed by atoms with Crippen molar-refractivity contribution in [3.8, 4) is 0 Å². The van der Waals surface area contributed by atoms with Crippen molar-refractivity contribution in [1.82, 2.24) is 10.2 Å². The van der Waals surface area contributed by atoms with E-state index in [0.29, 0.717) is 24.3 Å². The predicted molar refractivity (Wildman–Crippen MR) is 101 cm³/mol. The number of rotatable bonds is 5. The molecule has 3 rings (SSSR count). The van der Waals surface area contributed by atoms with Crippen LogP contribution in [0.1, 0.15) is 26.2 Å². The highest BCUT2D eigenvalue weighted by Gasteiger charge is 2.46. The van der Waals surface area contributed by atoms with Gasteiger partial charge in [-0.15, -0.1) is 0 Å². The highest BCUT2D eigenvalue weighted by molar-refractivity contribution is 6.08. The minimum atomic E-state index is -4.36. The summed E-state index contributed by atoms with van der Waals surface area (Å²) in [6.45, 7) is 3.65. The summed E-state index contributed by atoms with van der Waals surface area (Å²) in [5.74, 6) is 0.717. The zero-order chi connectivity index (χ0) is 19.6. The van der Waals surface area contributed by atoms with Gasteiger partial charge in [0.25, 0.3) is 0 Å². The summed E-state index contributed by atoms with van der Waals surface area (Å²) in [5, 5.41) is 3.52. The van der Waals surface area contributed by atoms with Crippen molar-refractivity contribution in [2.24, 2.45) is 16.8 Å². The standard InChI is InChI=1S/C20H28F3N3O/c1-13-10-14(12-15(11-13)24-7-9-27-3)16-4-5-17(20(21,22)23)19-18(16)25-6-8-26(19)2/h4-6,8,13-15,19,24H,7,9-12H2,1-3H3/t13-,14-,15-,19?/m0/s1. The minimum Gasteiger partial charge on any atom is -0.383 e. The molecule has 0 amide bonds. The van der Waals surface area contributed by atoms with E-state index in [1.165, 1.54) is 6.08 Å². The third-order valence-corrected chi connectivity index (χ3v) is 5.66. The van der Waals surface area contributed by atoms with E-state index in [1.807, 2.05) is 0 Å². The number of halogens is 3. The Balaban J connectivity index is 1.86. The predicted octanol–water partition coefficient (Wildman–Crippen LogP) is 3.68. The second-order valence-electron chi connectivity index (χ2n) is 7.78. The molecule has 0 aromatic heterocycles. The molecule has 0 saturated heterocycles. The molecule has 0 aromatic carbocycles. The molecular formula is C20H28F3N3O. The lowest BCUT2D eigenvalue weighted by Crippen LogP contribution is -2.47. The highest BCUT2D eigenvalue weighted by atomic mass is 19.4. The van der Waals surface area contributed by atoms with Crippen molar-refractivity contribution in [1.29, 1.82) is 0 Å². The number of nitrogens with one attached hydrogen (secondary N) is 1. The number of hydrogen-bond acceptors (Lipinski definition) is 4. The van der Waals surface area contributed by atoms with Crippen molar-refractivity contribution in [2.75, 3.05) is 27.3 Å². The molecule has 0 spiro atoms. The number of nitrogens with zero attached hydrogens (tertiary/aromatic N) is 2. The third-order valence-electron chi connectivity index (χ3n) is 5.66. The van der Waals surface area contributed by atoms with Gasteiger partial charge < -0.3 is 15.0 Å². The van der Waals surface area contributed by atoms with E-state index in [4.69, 9.17) is 4.74 Å². The summed E-state index contributed by atoms with van der Waals surface area (Å²) in [7, 11) is 3.35. The van der Waals surface area contributed by atoms with Gasteiger partial charge in [0.05, 0.1) is 17.9 Å². The lowest BCUT2D eigenvalue weighted by molar-refractivity contribution is -0.0970. The number of fused-ring (bicyclic) bond motifs is 1. The van der Waals surface area contributed by atoms with E-state index < -0.39 is 17.8 Å². The smallest absolute Gasteiger partial charge is 0.383 e. The number of methoxy groups -OCH3 is 1. The van der Waals surface area contributed by atoms with Crippen molar-refractivity contribution in [2.45, 2.75) is 44.4 Å². The molecule has 1 heterocycles. The van der Waals surface area contributed by atoms with E-state index in [2.05, 4.69) is 17.2 Å². The fourth-order valence-corrected chi connectivity index (χ4v) is 4.51. The van der Waals surface area contributed by atoms with Crippen molar-refractivity contribution >= 4 is 5.71 Å². The lowest BCUT2D eigenvalue weighted by Gasteiger charge is -2.41. The van der Waals surface area contributed by atoms with Crippen LogP contribution in [0.25, 0.3) is 0 Å². The first-order valence-corrected chi connectivity index (χ1v) is 9.49. The second kappa shape index (κ2) is 8.19. The molecular weight excluding hydrogens is 355 g/mol. The fourth-order valence-electron chi connectivity index (χ4n) is 4.51. The highest BCUT2D eigenvalue weighted by Crippen LogP contribution is 2.41. The van der Waals surface area contributed by atoms with Gasteiger partial charge in [0.1, 0.15) is 6.04 Å². The monoisotopic (exact) mass is 383 g/mol. The number of ether oxygens (including phenoxy) is 1. The van der Waals surface area contributed by atoms with Crippen LogP contribution in [-0.2, 0) is 4.74 Å². The average Bonchev–Trinajstić information content (AvgIpc) is 2.60. The third kappa shape index (κ3) is 4.46. The Morgan fingerprint density at radius 3 is 2.74 bits per heavy atom. The summed E-state index contributed by atoms with van der Waals surface area (Å²) in [5.41, 5.74) is 0.953. The molecule has 1 aliphatic heterocycles. The number of likely N-dealkylation sites (N-methyl/N-ethyl adjacent to an activating group) is 1. The quantitative estimate of drug-likeness (QED) is 0.736. The van der Waals surface area contributed by atoms with Gasteiger partial charge in [-0.05, 0) is 36.7 Å². The Bertz CT molecular complexity index is 666. The Labute approximate surface area is 158 Å². The number of allylic oxidation sites excluding steroid dienone is 2. The van der Waals surface area contributed by atoms with Crippen LogP contribution in [-0.4, -0.2) is 56.2 Å². The van der Waals surface area contributed by atoms with Crippen molar-refractivity contribution < 1.29 is 17.9 Å². The number of alkyl halides is 3. The molecule has 0 bridgehead atoms. The van der Waals surface area contributed by atoms with Gasteiger partial charge in [-0.2, -0.15) is 13.2 Å². The Hall–Kier alpha value is -1.60. The molecule has 1 N–H and O–H groups in total. The van der Waals surface area contributed by atoms with Crippen LogP contribution in [0.5, 0.6) is 0 Å².